The van der Waals surface area contributed by atoms with Crippen molar-refractivity contribution in [2.24, 2.45) is 29.1 Å². The molecule has 0 aromatic heterocycles. The van der Waals surface area contributed by atoms with Gasteiger partial charge in [0.25, 0.3) is 0 Å². The Bertz CT molecular complexity index is 475. The zero-order valence-electron chi connectivity index (χ0n) is 14.0. The lowest BCUT2D eigenvalue weighted by atomic mass is 9.46. The molecule has 0 amide bonds. The van der Waals surface area contributed by atoms with Gasteiger partial charge in [-0.2, -0.15) is 0 Å². The lowest BCUT2D eigenvalue weighted by Crippen LogP contribution is -2.60. The minimum absolute atomic E-state index is 0.324. The molecule has 0 bridgehead atoms. The van der Waals surface area contributed by atoms with Crippen LogP contribution in [0.4, 0.5) is 0 Å². The minimum Gasteiger partial charge on any atom is -0.457 e. The van der Waals surface area contributed by atoms with E-state index in [1.165, 1.54) is 44.9 Å². The average Bonchev–Trinajstić information content (AvgIpc) is 2.48. The highest BCUT2D eigenvalue weighted by Gasteiger charge is 2.59. The second kappa shape index (κ2) is 4.96. The van der Waals surface area contributed by atoms with E-state index < -0.39 is 12.1 Å². The van der Waals surface area contributed by atoms with Gasteiger partial charge in [0.05, 0.1) is 0 Å². The Kier molecular flexibility index (Phi) is 3.38. The molecule has 3 nitrogen and oxygen atoms in total. The van der Waals surface area contributed by atoms with Gasteiger partial charge >= 0.3 is 5.97 Å². The molecule has 1 N–H and O–H groups in total. The van der Waals surface area contributed by atoms with Crippen LogP contribution in [-0.2, 0) is 9.53 Å². The summed E-state index contributed by atoms with van der Waals surface area (Å²) in [5.74, 6) is 2.28. The first-order valence-corrected chi connectivity index (χ1v) is 9.35. The highest BCUT2D eigenvalue weighted by Crippen LogP contribution is 2.63. The molecule has 0 spiro atoms. The molecule has 1 saturated heterocycles. The van der Waals surface area contributed by atoms with E-state index in [0.29, 0.717) is 23.7 Å². The topological polar surface area (TPSA) is 46.5 Å². The van der Waals surface area contributed by atoms with E-state index in [9.17, 15) is 9.90 Å². The number of aliphatic hydroxyl groups is 1. The van der Waals surface area contributed by atoms with Gasteiger partial charge in [-0.05, 0) is 75.0 Å². The summed E-state index contributed by atoms with van der Waals surface area (Å²) in [6, 6.07) is 0. The fourth-order valence-corrected chi connectivity index (χ4v) is 6.77. The number of hydrogen-bond donors (Lipinski definition) is 1. The normalized spacial score (nSPS) is 54.7. The lowest BCUT2D eigenvalue weighted by Gasteiger charge is -2.61. The molecule has 22 heavy (non-hydrogen) atoms. The van der Waals surface area contributed by atoms with Crippen LogP contribution in [0.1, 0.15) is 71.6 Å². The monoisotopic (exact) mass is 306 g/mol. The van der Waals surface area contributed by atoms with Gasteiger partial charge < -0.3 is 9.84 Å². The maximum absolute atomic E-state index is 11.8. The third-order valence-electron chi connectivity index (χ3n) is 8.00. The van der Waals surface area contributed by atoms with Crippen LogP contribution in [0.25, 0.3) is 0 Å². The predicted molar refractivity (Wildman–Crippen MR) is 84.1 cm³/mol. The molecule has 4 rings (SSSR count). The molecule has 3 heteroatoms. The van der Waals surface area contributed by atoms with Gasteiger partial charge in [-0.25, -0.2) is 4.79 Å². The summed E-state index contributed by atoms with van der Waals surface area (Å²) < 4.78 is 5.72. The van der Waals surface area contributed by atoms with Crippen LogP contribution in [0.5, 0.6) is 0 Å². The van der Waals surface area contributed by atoms with Gasteiger partial charge in [0.2, 0.25) is 0 Å². The number of fused-ring (bicyclic) bond motifs is 5. The predicted octanol–water partition coefficient (Wildman–Crippen LogP) is 3.69. The van der Waals surface area contributed by atoms with Crippen molar-refractivity contribution >= 4 is 5.97 Å². The molecule has 0 aromatic carbocycles. The molecule has 3 saturated carbocycles. The van der Waals surface area contributed by atoms with Gasteiger partial charge in [0.15, 0.2) is 6.10 Å². The van der Waals surface area contributed by atoms with E-state index in [2.05, 4.69) is 13.8 Å². The molecule has 0 aromatic rings. The smallest absolute Gasteiger partial charge is 0.335 e. The van der Waals surface area contributed by atoms with Crippen molar-refractivity contribution in [1.82, 2.24) is 0 Å². The molecule has 4 aliphatic rings. The van der Waals surface area contributed by atoms with E-state index in [4.69, 9.17) is 4.74 Å². The molecule has 3 aliphatic carbocycles. The first-order chi connectivity index (χ1) is 10.4. The Morgan fingerprint density at radius 3 is 2.68 bits per heavy atom. The molecule has 0 unspecified atom stereocenters. The second-order valence-corrected chi connectivity index (χ2v) is 8.93. The van der Waals surface area contributed by atoms with E-state index in [1.54, 1.807) is 0 Å². The van der Waals surface area contributed by atoms with Crippen molar-refractivity contribution in [3.8, 4) is 0 Å². The van der Waals surface area contributed by atoms with Crippen molar-refractivity contribution in [1.29, 1.82) is 0 Å². The Balaban J connectivity index is 1.64. The van der Waals surface area contributed by atoms with Crippen molar-refractivity contribution in [3.63, 3.8) is 0 Å². The van der Waals surface area contributed by atoms with Crippen LogP contribution < -0.4 is 0 Å². The Morgan fingerprint density at radius 1 is 1.05 bits per heavy atom. The number of carbonyl (C=O) groups excluding carboxylic acids is 1. The first kappa shape index (κ1) is 15.0. The lowest BCUT2D eigenvalue weighted by molar-refractivity contribution is -0.217. The third kappa shape index (κ3) is 2.00. The molecule has 124 valence electrons. The number of aliphatic hydroxyl groups excluding tert-OH is 1. The maximum Gasteiger partial charge on any atom is 0.335 e. The number of ether oxygens (including phenoxy) is 1. The average molecular weight is 306 g/mol. The maximum atomic E-state index is 11.8. The van der Waals surface area contributed by atoms with Crippen LogP contribution in [0.15, 0.2) is 0 Å². The summed E-state index contributed by atoms with van der Waals surface area (Å²) >= 11 is 0. The Labute approximate surface area is 133 Å². The number of rotatable bonds is 0. The van der Waals surface area contributed by atoms with E-state index in [-0.39, 0.29) is 5.60 Å². The van der Waals surface area contributed by atoms with Gasteiger partial charge in [-0.15, -0.1) is 0 Å². The van der Waals surface area contributed by atoms with Crippen LogP contribution in [0, 0.1) is 29.1 Å². The van der Waals surface area contributed by atoms with Gasteiger partial charge in [-0.3, -0.25) is 0 Å². The fraction of sp³-hybridized carbons (Fsp3) is 0.947. The zero-order valence-corrected chi connectivity index (χ0v) is 14.0. The zero-order chi connectivity index (χ0) is 15.5. The number of esters is 1. The summed E-state index contributed by atoms with van der Waals surface area (Å²) in [5, 5.41) is 10.0. The summed E-state index contributed by atoms with van der Waals surface area (Å²) in [4.78, 5) is 11.8. The van der Waals surface area contributed by atoms with E-state index >= 15 is 0 Å². The summed E-state index contributed by atoms with van der Waals surface area (Å²) in [7, 11) is 0. The molecule has 7 atom stereocenters. The molecule has 0 radical (unpaired) electrons. The van der Waals surface area contributed by atoms with Crippen LogP contribution >= 0.6 is 0 Å². The van der Waals surface area contributed by atoms with E-state index in [0.717, 1.165) is 18.3 Å². The summed E-state index contributed by atoms with van der Waals surface area (Å²) in [5.41, 5.74) is 0.171. The van der Waals surface area contributed by atoms with Crippen molar-refractivity contribution in [2.75, 3.05) is 0 Å². The highest BCUT2D eigenvalue weighted by molar-refractivity contribution is 5.75. The Hall–Kier alpha value is -0.570. The number of hydrogen-bond acceptors (Lipinski definition) is 3. The van der Waals surface area contributed by atoms with Gasteiger partial charge in [0, 0.05) is 5.92 Å². The third-order valence-corrected chi connectivity index (χ3v) is 8.00. The van der Waals surface area contributed by atoms with Gasteiger partial charge in [-0.1, -0.05) is 19.8 Å². The molecular weight excluding hydrogens is 276 g/mol. The van der Waals surface area contributed by atoms with Crippen molar-refractivity contribution in [2.45, 2.75) is 83.3 Å². The molecule has 4 fully saturated rings. The summed E-state index contributed by atoms with van der Waals surface area (Å²) in [6.07, 6.45) is 10.1. The van der Waals surface area contributed by atoms with Gasteiger partial charge in [0.1, 0.15) is 5.60 Å². The van der Waals surface area contributed by atoms with Crippen molar-refractivity contribution < 1.29 is 14.6 Å². The highest BCUT2D eigenvalue weighted by atomic mass is 16.6. The SMILES string of the molecule is C[C@]12CCCC[C@@H]1CC[C@@H]1[C@@H]2CC[C@]2(C)OC(=O)[C@@H](O)C[C@@H]12. The number of carbonyl (C=O) groups is 1. The molecular formula is C19H30O3. The molecule has 1 heterocycles. The van der Waals surface area contributed by atoms with Crippen LogP contribution in [-0.4, -0.2) is 22.8 Å². The standard InChI is InChI=1S/C19H30O3/c1-18-9-4-3-5-12(18)6-7-13-14(18)8-10-19(2)15(13)11-16(20)17(21)22-19/h12-16,20H,3-11H2,1-2H3/t12-,13-,14+,15+,16+,18+,19+/m1/s1. The minimum atomic E-state index is -0.895. The molecule has 1 aliphatic heterocycles. The van der Waals surface area contributed by atoms with Crippen LogP contribution in [0.3, 0.4) is 0 Å². The van der Waals surface area contributed by atoms with Crippen molar-refractivity contribution in [3.05, 3.63) is 0 Å². The fourth-order valence-electron chi connectivity index (χ4n) is 6.77. The Morgan fingerprint density at radius 2 is 1.86 bits per heavy atom. The van der Waals surface area contributed by atoms with E-state index in [1.807, 2.05) is 0 Å². The second-order valence-electron chi connectivity index (χ2n) is 8.93. The quantitative estimate of drug-likeness (QED) is 0.694. The largest absolute Gasteiger partial charge is 0.457 e. The summed E-state index contributed by atoms with van der Waals surface area (Å²) in [6.45, 7) is 4.66. The van der Waals surface area contributed by atoms with Crippen LogP contribution in [0.2, 0.25) is 0 Å². The first-order valence-electron chi connectivity index (χ1n) is 9.35.